The monoisotopic (exact) mass is 359 g/mol. The van der Waals surface area contributed by atoms with Gasteiger partial charge in [-0.25, -0.2) is 0 Å². The number of anilines is 1. The van der Waals surface area contributed by atoms with Crippen LogP contribution >= 0.6 is 11.8 Å². The van der Waals surface area contributed by atoms with Gasteiger partial charge in [0.15, 0.2) is 10.6 Å². The topological polar surface area (TPSA) is 63.2 Å². The number of thioether (sulfide) groups is 1. The third-order valence-corrected chi connectivity index (χ3v) is 4.18. The van der Waals surface area contributed by atoms with Gasteiger partial charge in [-0.15, -0.1) is 0 Å². The number of benzene rings is 1. The summed E-state index contributed by atoms with van der Waals surface area (Å²) in [5.41, 5.74) is -0.184. The first kappa shape index (κ1) is 18.6. The lowest BCUT2D eigenvalue weighted by Gasteiger charge is -2.25. The first-order valence-corrected chi connectivity index (χ1v) is 8.15. The van der Waals surface area contributed by atoms with E-state index in [0.717, 1.165) is 18.9 Å². The first-order valence-electron chi connectivity index (χ1n) is 7.27. The second-order valence-corrected chi connectivity index (χ2v) is 6.28. The van der Waals surface area contributed by atoms with E-state index in [0.29, 0.717) is 5.69 Å². The maximum atomic E-state index is 13.6. The number of carbonyl (C=O) groups excluding carboxylic acids is 1. The van der Waals surface area contributed by atoms with Crippen molar-refractivity contribution in [2.45, 2.75) is 31.6 Å². The molecule has 1 N–H and O–H groups in total. The minimum atomic E-state index is -3.48. The number of alkyl halides is 2. The third kappa shape index (κ3) is 4.65. The Morgan fingerprint density at radius 2 is 2.08 bits per heavy atom. The van der Waals surface area contributed by atoms with Gasteiger partial charge in [0, 0.05) is 18.8 Å². The molecule has 0 fully saturated rings. The molecule has 0 saturated carbocycles. The van der Waals surface area contributed by atoms with Crippen LogP contribution in [0.3, 0.4) is 0 Å². The summed E-state index contributed by atoms with van der Waals surface area (Å²) in [5.74, 6) is -0.377. The highest BCUT2D eigenvalue weighted by molar-refractivity contribution is 8.14. The van der Waals surface area contributed by atoms with Gasteiger partial charge in [-0.05, 0) is 37.7 Å². The zero-order chi connectivity index (χ0) is 17.7. The minimum absolute atomic E-state index is 0.176. The molecule has 24 heavy (non-hydrogen) atoms. The molecule has 1 atom stereocenters. The molecule has 0 spiro atoms. The van der Waals surface area contributed by atoms with E-state index < -0.39 is 16.7 Å². The summed E-state index contributed by atoms with van der Waals surface area (Å²) in [6, 6.07) is 8.71. The fourth-order valence-electron chi connectivity index (χ4n) is 1.87. The molecule has 0 aliphatic carbocycles. The molecule has 0 bridgehead atoms. The van der Waals surface area contributed by atoms with Crippen molar-refractivity contribution in [2.24, 2.45) is 5.10 Å². The van der Waals surface area contributed by atoms with E-state index in [1.807, 2.05) is 6.07 Å². The molecule has 1 aliphatic heterocycles. The van der Waals surface area contributed by atoms with Gasteiger partial charge < -0.3 is 14.8 Å². The molecule has 6 nitrogen and oxygen atoms in total. The Labute approximate surface area is 143 Å². The fraction of sp³-hybridized carbons (Fsp3) is 0.467. The van der Waals surface area contributed by atoms with Crippen LogP contribution in [0.25, 0.3) is 0 Å². The molecule has 1 unspecified atom stereocenters. The van der Waals surface area contributed by atoms with Crippen LogP contribution in [-0.4, -0.2) is 47.4 Å². The van der Waals surface area contributed by atoms with Crippen molar-refractivity contribution in [2.75, 3.05) is 19.0 Å². The quantitative estimate of drug-likeness (QED) is 0.811. The summed E-state index contributed by atoms with van der Waals surface area (Å²) in [4.78, 5) is 11.9. The van der Waals surface area contributed by atoms with Crippen LogP contribution in [0.4, 0.5) is 14.5 Å². The summed E-state index contributed by atoms with van der Waals surface area (Å²) in [6.07, 6.45) is -3.48. The maximum Gasteiger partial charge on any atom is 0.407 e. The molecule has 1 aliphatic rings. The van der Waals surface area contributed by atoms with Crippen LogP contribution in [0.2, 0.25) is 0 Å². The summed E-state index contributed by atoms with van der Waals surface area (Å²) < 4.78 is 36.8. The molecule has 1 amide bonds. The second-order valence-electron chi connectivity index (χ2n) is 5.25. The number of methoxy groups -OCH3 is 1. The number of amides is 1. The van der Waals surface area contributed by atoms with E-state index in [9.17, 15) is 13.6 Å². The smallest absolute Gasteiger partial charge is 0.337 e. The molecule has 0 saturated heterocycles. The number of hydrazone groups is 1. The third-order valence-electron chi connectivity index (χ3n) is 3.08. The molecule has 0 aromatic heterocycles. The molecule has 9 heteroatoms. The van der Waals surface area contributed by atoms with Crippen molar-refractivity contribution >= 4 is 28.4 Å². The van der Waals surface area contributed by atoms with E-state index in [-0.39, 0.29) is 18.6 Å². The van der Waals surface area contributed by atoms with Gasteiger partial charge in [0.25, 0.3) is 5.91 Å². The fourth-order valence-corrected chi connectivity index (χ4v) is 2.96. The van der Waals surface area contributed by atoms with Crippen molar-refractivity contribution < 1.29 is 23.0 Å². The Hall–Kier alpha value is -1.71. The molecular weight excluding hydrogens is 340 g/mol. The lowest BCUT2D eigenvalue weighted by Crippen LogP contribution is -2.35. The lowest BCUT2D eigenvalue weighted by atomic mass is 10.3. The zero-order valence-corrected chi connectivity index (χ0v) is 14.3. The van der Waals surface area contributed by atoms with Crippen LogP contribution < -0.4 is 5.32 Å². The number of rotatable bonds is 7. The standard InChI is InChI=1S/C15H19F2N3O3S/c1-10(2)20-14(24-13(19-20)15(16,17)22-3)23-9-12(21)18-11-7-5-4-6-8-11/h4-8,10,14H,9H2,1-3H3,(H,18,21). The van der Waals surface area contributed by atoms with Crippen molar-refractivity contribution in [3.05, 3.63) is 30.3 Å². The average Bonchev–Trinajstić information content (AvgIpc) is 2.99. The van der Waals surface area contributed by atoms with Gasteiger partial charge >= 0.3 is 6.11 Å². The highest BCUT2D eigenvalue weighted by Gasteiger charge is 2.45. The molecule has 2 rings (SSSR count). The summed E-state index contributed by atoms with van der Waals surface area (Å²) >= 11 is 0.726. The van der Waals surface area contributed by atoms with E-state index in [4.69, 9.17) is 4.74 Å². The van der Waals surface area contributed by atoms with Crippen LogP contribution in [0.15, 0.2) is 35.4 Å². The van der Waals surface area contributed by atoms with Crippen LogP contribution in [0.1, 0.15) is 13.8 Å². The normalized spacial score (nSPS) is 18.0. The number of hydrogen-bond donors (Lipinski definition) is 1. The van der Waals surface area contributed by atoms with Gasteiger partial charge in [0.05, 0.1) is 0 Å². The molecule has 1 heterocycles. The summed E-state index contributed by atoms with van der Waals surface area (Å²) in [5, 5.41) is 7.40. The predicted octanol–water partition coefficient (Wildman–Crippen LogP) is 2.94. The Kier molecular flexibility index (Phi) is 6.14. The SMILES string of the molecule is COC(F)(F)C1=NN(C(C)C)C(OCC(=O)Nc2ccccc2)S1. The lowest BCUT2D eigenvalue weighted by molar-refractivity contribution is -0.160. The zero-order valence-electron chi connectivity index (χ0n) is 13.5. The highest BCUT2D eigenvalue weighted by atomic mass is 32.2. The van der Waals surface area contributed by atoms with E-state index >= 15 is 0 Å². The number of nitrogens with one attached hydrogen (secondary N) is 1. The number of para-hydroxylation sites is 1. The van der Waals surface area contributed by atoms with E-state index in [2.05, 4.69) is 15.2 Å². The summed E-state index contributed by atoms with van der Waals surface area (Å²) in [6.45, 7) is 3.30. The predicted molar refractivity (Wildman–Crippen MR) is 88.8 cm³/mol. The number of ether oxygens (including phenoxy) is 2. The number of halogens is 2. The minimum Gasteiger partial charge on any atom is -0.337 e. The van der Waals surface area contributed by atoms with Crippen LogP contribution in [0, 0.1) is 0 Å². The van der Waals surface area contributed by atoms with Gasteiger partial charge in [0.2, 0.25) is 0 Å². The Morgan fingerprint density at radius 1 is 1.42 bits per heavy atom. The molecular formula is C15H19F2N3O3S. The van der Waals surface area contributed by atoms with Crippen molar-refractivity contribution in [3.8, 4) is 0 Å². The summed E-state index contributed by atoms with van der Waals surface area (Å²) in [7, 11) is 0.907. The Morgan fingerprint density at radius 3 is 2.67 bits per heavy atom. The molecule has 132 valence electrons. The average molecular weight is 359 g/mol. The van der Waals surface area contributed by atoms with Crippen molar-refractivity contribution in [1.29, 1.82) is 0 Å². The number of hydrogen-bond acceptors (Lipinski definition) is 6. The maximum absolute atomic E-state index is 13.6. The number of nitrogens with zero attached hydrogens (tertiary/aromatic N) is 2. The highest BCUT2D eigenvalue weighted by Crippen LogP contribution is 2.36. The second kappa shape index (κ2) is 7.91. The van der Waals surface area contributed by atoms with Crippen molar-refractivity contribution in [3.63, 3.8) is 0 Å². The van der Waals surface area contributed by atoms with E-state index in [1.54, 1.807) is 38.1 Å². The van der Waals surface area contributed by atoms with Crippen molar-refractivity contribution in [1.82, 2.24) is 5.01 Å². The van der Waals surface area contributed by atoms with Gasteiger partial charge in [-0.2, -0.15) is 13.9 Å². The molecule has 1 aromatic carbocycles. The Bertz CT molecular complexity index is 599. The number of carbonyl (C=O) groups is 1. The first-order chi connectivity index (χ1) is 11.3. The Balaban J connectivity index is 1.93. The van der Waals surface area contributed by atoms with E-state index in [1.165, 1.54) is 5.01 Å². The largest absolute Gasteiger partial charge is 0.407 e. The van der Waals surface area contributed by atoms with Crippen LogP contribution in [0.5, 0.6) is 0 Å². The van der Waals surface area contributed by atoms with Gasteiger partial charge in [-0.3, -0.25) is 9.80 Å². The van der Waals surface area contributed by atoms with Crippen LogP contribution in [-0.2, 0) is 14.3 Å². The molecule has 1 aromatic rings. The van der Waals surface area contributed by atoms with Gasteiger partial charge in [0.1, 0.15) is 6.61 Å². The molecule has 0 radical (unpaired) electrons. The van der Waals surface area contributed by atoms with Gasteiger partial charge in [-0.1, -0.05) is 18.2 Å².